The highest BCUT2D eigenvalue weighted by atomic mass is 32.1. The number of thiazole rings is 5. The average molecular weight is 1790 g/mol. The Hall–Kier alpha value is -15.8. The van der Waals surface area contributed by atoms with Gasteiger partial charge in [-0.2, -0.15) is 5.26 Å². The quantitative estimate of drug-likeness (QED) is 0.0375. The summed E-state index contributed by atoms with van der Waals surface area (Å²) in [5.74, 6) is 5.76. The van der Waals surface area contributed by atoms with Crippen molar-refractivity contribution in [3.8, 4) is 82.6 Å². The van der Waals surface area contributed by atoms with Crippen LogP contribution in [-0.2, 0) is 19.6 Å². The lowest BCUT2D eigenvalue weighted by Gasteiger charge is -2.09. The van der Waals surface area contributed by atoms with Gasteiger partial charge in [-0.3, -0.25) is 0 Å². The molecule has 5 N–H and O–H groups in total. The standard InChI is InChI=1S/C24H18N4OS.C23H16N4OS.C21H18N4OS.C16H13N5S.C16H16N4S/c1-2-7-17(8-3-1)16-29-19-10-6-9-18(15-19)26-24-25-14-13-21(28-24)23-27-20-11-4-5-12-22(20)30-23;1-2-8-17(9-3-1)28-18-10-6-7-16(15-18)25-23-24-14-13-20(27-23)22-26-19-11-4-5-12-21(19)29-22;1-15-13-23-20(27-15)19-10-11-22-21(25-19)24-17-8-5-9-18(12-17)26-14-16-6-3-2-4-7-16;1-11-10-19-15(22-11)14-6-8-18-16(21-14)20-13-4-2-3-12(9-13)5-7-17;1-10-6-11(2)8-13(7-10)19-16-17-5-4-14(20-16)15-18-9-12(3)21-15/h1-15H,16H2,(H,25,26,28);1-15H,(H,24,25,27);2-13H,14H2,1H3,(H,22,24,25);2-4,6,8-10H,5H2,1H3,(H,18,20,21);4-9H,1-3H3,(H,17,19,20). The van der Waals surface area contributed by atoms with Gasteiger partial charge in [0.1, 0.15) is 89.7 Å². The molecule has 20 aromatic rings. The Morgan fingerprint density at radius 2 is 0.605 bits per heavy atom. The maximum absolute atomic E-state index is 8.76. The Bertz CT molecular complexity index is 7070. The monoisotopic (exact) mass is 1780 g/mol. The largest absolute Gasteiger partial charge is 0.489 e. The lowest BCUT2D eigenvalue weighted by molar-refractivity contribution is 0.306. The molecule has 0 aliphatic heterocycles. The maximum Gasteiger partial charge on any atom is 0.227 e. The van der Waals surface area contributed by atoms with Crippen LogP contribution in [0.5, 0.6) is 23.0 Å². The van der Waals surface area contributed by atoms with Crippen LogP contribution in [0.1, 0.15) is 42.4 Å². The highest BCUT2D eigenvalue weighted by Gasteiger charge is 2.16. The Balaban J connectivity index is 0.000000119. The first kappa shape index (κ1) is 86.7. The minimum absolute atomic E-state index is 0.384. The van der Waals surface area contributed by atoms with Crippen LogP contribution in [0.3, 0.4) is 0 Å². The van der Waals surface area contributed by atoms with E-state index >= 15 is 0 Å². The number of rotatable bonds is 24. The van der Waals surface area contributed by atoms with Gasteiger partial charge in [0.2, 0.25) is 29.7 Å². The van der Waals surface area contributed by atoms with Gasteiger partial charge in [-0.15, -0.1) is 56.7 Å². The SMILES string of the molecule is Cc1cc(C)cc(Nc2nccc(-c3ncc(C)s3)n2)c1.Cc1cnc(-c2ccnc(Nc3cccc(CC#N)c3)n2)s1.Cc1cnc(-c2ccnc(Nc3cccc(OCc4ccccc4)c3)n2)s1.c1ccc(COc2cccc(Nc3nccc(-c4nc5ccccc5s4)n3)c2)cc1.c1ccc(Oc2cccc(Nc3nccc(-c4nc5ccccc5s4)n3)c2)cc1. The van der Waals surface area contributed by atoms with E-state index in [1.165, 1.54) is 16.0 Å². The molecule has 0 unspecified atom stereocenters. The van der Waals surface area contributed by atoms with Gasteiger partial charge in [0, 0.05) is 111 Å². The molecule has 0 atom stereocenters. The van der Waals surface area contributed by atoms with Gasteiger partial charge >= 0.3 is 0 Å². The molecule has 634 valence electrons. The number of nitriles is 1. The highest BCUT2D eigenvalue weighted by molar-refractivity contribution is 7.22. The Kier molecular flexibility index (Phi) is 29.0. The van der Waals surface area contributed by atoms with Crippen molar-refractivity contribution in [2.24, 2.45) is 0 Å². The van der Waals surface area contributed by atoms with E-state index in [1.807, 2.05) is 294 Å². The highest BCUT2D eigenvalue weighted by Crippen LogP contribution is 2.35. The molecule has 0 radical (unpaired) electrons. The molecular weight excluding hydrogens is 1700 g/mol. The third-order valence-electron chi connectivity index (χ3n) is 18.5. The number of aromatic nitrogens is 15. The molecule has 0 bridgehead atoms. The number of hydrogen-bond donors (Lipinski definition) is 5. The van der Waals surface area contributed by atoms with Crippen molar-refractivity contribution in [1.82, 2.24) is 74.8 Å². The fourth-order valence-corrected chi connectivity index (χ4v) is 16.8. The fraction of sp³-hybridized carbons (Fsp3) is 0.0800. The first-order valence-electron chi connectivity index (χ1n) is 40.7. The molecule has 20 rings (SSSR count). The summed E-state index contributed by atoms with van der Waals surface area (Å²) in [4.78, 5) is 70.3. The van der Waals surface area contributed by atoms with Crippen molar-refractivity contribution in [2.45, 2.75) is 54.3 Å². The van der Waals surface area contributed by atoms with E-state index in [-0.39, 0.29) is 0 Å². The molecule has 0 saturated carbocycles. The zero-order chi connectivity index (χ0) is 88.3. The molecule has 24 nitrogen and oxygen atoms in total. The summed E-state index contributed by atoms with van der Waals surface area (Å²) in [5, 5.41) is 29.4. The van der Waals surface area contributed by atoms with Gasteiger partial charge < -0.3 is 40.8 Å². The molecule has 0 amide bonds. The average Bonchev–Trinajstić information content (AvgIpc) is 1.68. The van der Waals surface area contributed by atoms with Crippen molar-refractivity contribution >= 4 is 135 Å². The molecule has 129 heavy (non-hydrogen) atoms. The molecule has 10 heterocycles. The molecule has 0 spiro atoms. The van der Waals surface area contributed by atoms with Crippen LogP contribution >= 0.6 is 56.7 Å². The van der Waals surface area contributed by atoms with Crippen molar-refractivity contribution in [2.75, 3.05) is 26.6 Å². The topological polar surface area (TPSA) is 305 Å². The summed E-state index contributed by atoms with van der Waals surface area (Å²) in [6, 6.07) is 94.8. The number of fused-ring (bicyclic) bond motifs is 2. The summed E-state index contributed by atoms with van der Waals surface area (Å²) >= 11 is 8.09. The van der Waals surface area contributed by atoms with E-state index in [9.17, 15) is 0 Å². The van der Waals surface area contributed by atoms with E-state index in [0.717, 1.165) is 152 Å². The molecule has 10 aromatic heterocycles. The normalized spacial score (nSPS) is 10.6. The summed E-state index contributed by atoms with van der Waals surface area (Å²) in [6.45, 7) is 11.3. The Morgan fingerprint density at radius 3 is 0.984 bits per heavy atom. The van der Waals surface area contributed by atoms with Gasteiger partial charge in [-0.05, 0) is 190 Å². The number of ether oxygens (including phenoxy) is 3. The first-order valence-corrected chi connectivity index (χ1v) is 44.8. The predicted octanol–water partition coefficient (Wildman–Crippen LogP) is 25.6. The van der Waals surface area contributed by atoms with Crippen molar-refractivity contribution in [3.63, 3.8) is 0 Å². The van der Waals surface area contributed by atoms with Crippen LogP contribution in [0.25, 0.3) is 73.9 Å². The van der Waals surface area contributed by atoms with Crippen molar-refractivity contribution < 1.29 is 14.2 Å². The lowest BCUT2D eigenvalue weighted by atomic mass is 10.1. The van der Waals surface area contributed by atoms with E-state index in [0.29, 0.717) is 49.4 Å². The number of nitrogens with one attached hydrogen (secondary N) is 5. The van der Waals surface area contributed by atoms with E-state index < -0.39 is 0 Å². The summed E-state index contributed by atoms with van der Waals surface area (Å²) < 4.78 is 20.0. The molecule has 0 aliphatic carbocycles. The zero-order valence-corrected chi connectivity index (χ0v) is 74.4. The third kappa shape index (κ3) is 25.3. The van der Waals surface area contributed by atoms with E-state index in [4.69, 9.17) is 19.5 Å². The zero-order valence-electron chi connectivity index (χ0n) is 70.3. The number of para-hydroxylation sites is 3. The number of anilines is 10. The molecule has 0 fully saturated rings. The van der Waals surface area contributed by atoms with Gasteiger partial charge in [0.25, 0.3) is 0 Å². The van der Waals surface area contributed by atoms with Crippen LogP contribution < -0.4 is 40.8 Å². The number of aryl methyl sites for hydroxylation is 5. The minimum atomic E-state index is 0.384. The Morgan fingerprint density at radius 1 is 0.279 bits per heavy atom. The molecule has 0 aliphatic rings. The van der Waals surface area contributed by atoms with E-state index in [1.54, 1.807) is 87.7 Å². The van der Waals surface area contributed by atoms with Crippen molar-refractivity contribution in [1.29, 1.82) is 5.26 Å². The number of hydrogen-bond acceptors (Lipinski definition) is 29. The fourth-order valence-electron chi connectivity index (χ4n) is 12.7. The third-order valence-corrected chi connectivity index (χ3v) is 23.4. The molecule has 29 heteroatoms. The lowest BCUT2D eigenvalue weighted by Crippen LogP contribution is -1.99. The first-order chi connectivity index (χ1) is 63.3. The summed E-state index contributed by atoms with van der Waals surface area (Å²) in [7, 11) is 0. The molecular formula is C100H81N21O3S5. The second-order valence-electron chi connectivity index (χ2n) is 28.7. The van der Waals surface area contributed by atoms with Gasteiger partial charge in [0.05, 0.1) is 32.9 Å². The molecule has 0 saturated heterocycles. The van der Waals surface area contributed by atoms with Crippen LogP contribution in [0, 0.1) is 45.9 Å². The Labute approximate surface area is 764 Å². The van der Waals surface area contributed by atoms with Crippen LogP contribution in [0.2, 0.25) is 0 Å². The van der Waals surface area contributed by atoms with Crippen molar-refractivity contribution in [3.05, 3.63) is 377 Å². The van der Waals surface area contributed by atoms with Gasteiger partial charge in [-0.1, -0.05) is 140 Å². The minimum Gasteiger partial charge on any atom is -0.489 e. The molecule has 10 aromatic carbocycles. The van der Waals surface area contributed by atoms with Crippen LogP contribution in [0.15, 0.2) is 335 Å². The van der Waals surface area contributed by atoms with Crippen LogP contribution in [-0.4, -0.2) is 74.8 Å². The van der Waals surface area contributed by atoms with Gasteiger partial charge in [0.15, 0.2) is 0 Å². The van der Waals surface area contributed by atoms with E-state index in [2.05, 4.69) is 152 Å². The summed E-state index contributed by atoms with van der Waals surface area (Å²) in [6.07, 6.45) is 14.6. The second-order valence-corrected chi connectivity index (χ2v) is 34.5. The predicted molar refractivity (Wildman–Crippen MR) is 520 cm³/mol. The second kappa shape index (κ2) is 43.2. The smallest absolute Gasteiger partial charge is 0.227 e. The van der Waals surface area contributed by atoms with Gasteiger partial charge in [-0.25, -0.2) is 74.8 Å². The van der Waals surface area contributed by atoms with Crippen LogP contribution in [0.4, 0.5) is 58.2 Å². The number of nitrogens with zero attached hydrogens (tertiary/aromatic N) is 16. The maximum atomic E-state index is 8.76. The number of benzene rings is 10. The summed E-state index contributed by atoms with van der Waals surface area (Å²) in [5.41, 5.74) is 16.1.